The Kier molecular flexibility index (Phi) is 3.29. The van der Waals surface area contributed by atoms with Gasteiger partial charge in [0.25, 0.3) is 0 Å². The first-order chi connectivity index (χ1) is 8.72. The Morgan fingerprint density at radius 3 is 2.39 bits per heavy atom. The van der Waals surface area contributed by atoms with Gasteiger partial charge in [0, 0.05) is 31.4 Å². The molecule has 1 aliphatic carbocycles. The van der Waals surface area contributed by atoms with Crippen molar-refractivity contribution in [2.75, 3.05) is 18.0 Å². The monoisotopic (exact) mass is 244 g/mol. The lowest BCUT2D eigenvalue weighted by Gasteiger charge is -2.43. The van der Waals surface area contributed by atoms with Gasteiger partial charge in [0.1, 0.15) is 0 Å². The summed E-state index contributed by atoms with van der Waals surface area (Å²) in [5, 5.41) is 3.56. The van der Waals surface area contributed by atoms with E-state index in [0.29, 0.717) is 0 Å². The molecular weight excluding hydrogens is 220 g/mol. The van der Waals surface area contributed by atoms with Gasteiger partial charge in [0.2, 0.25) is 0 Å². The highest BCUT2D eigenvalue weighted by atomic mass is 15.2. The third-order valence-corrected chi connectivity index (χ3v) is 4.33. The minimum atomic E-state index is 0.798. The van der Waals surface area contributed by atoms with E-state index >= 15 is 0 Å². The van der Waals surface area contributed by atoms with Gasteiger partial charge in [-0.3, -0.25) is 0 Å². The van der Waals surface area contributed by atoms with Crippen LogP contribution in [0.2, 0.25) is 0 Å². The molecule has 1 aromatic carbocycles. The first-order valence-corrected chi connectivity index (χ1v) is 7.29. The SMILES string of the molecule is CC(C)C1CN(c2ccc(CNC3CC3)cc2)C1. The summed E-state index contributed by atoms with van der Waals surface area (Å²) in [6.07, 6.45) is 2.73. The van der Waals surface area contributed by atoms with E-state index in [1.165, 1.54) is 37.2 Å². The van der Waals surface area contributed by atoms with Crippen molar-refractivity contribution in [2.24, 2.45) is 11.8 Å². The molecule has 1 saturated carbocycles. The Morgan fingerprint density at radius 1 is 1.17 bits per heavy atom. The molecule has 0 aromatic heterocycles. The summed E-state index contributed by atoms with van der Waals surface area (Å²) in [4.78, 5) is 2.49. The van der Waals surface area contributed by atoms with Crippen LogP contribution in [0.1, 0.15) is 32.3 Å². The zero-order valence-corrected chi connectivity index (χ0v) is 11.5. The van der Waals surface area contributed by atoms with E-state index in [1.54, 1.807) is 0 Å². The molecule has 0 unspecified atom stereocenters. The first kappa shape index (κ1) is 12.0. The van der Waals surface area contributed by atoms with E-state index in [2.05, 4.69) is 48.3 Å². The van der Waals surface area contributed by atoms with Crippen molar-refractivity contribution in [1.82, 2.24) is 5.32 Å². The molecule has 2 aliphatic rings. The van der Waals surface area contributed by atoms with E-state index in [4.69, 9.17) is 0 Å². The zero-order valence-electron chi connectivity index (χ0n) is 11.5. The Morgan fingerprint density at radius 2 is 1.83 bits per heavy atom. The quantitative estimate of drug-likeness (QED) is 0.856. The van der Waals surface area contributed by atoms with E-state index < -0.39 is 0 Å². The third-order valence-electron chi connectivity index (χ3n) is 4.33. The van der Waals surface area contributed by atoms with Crippen molar-refractivity contribution in [1.29, 1.82) is 0 Å². The lowest BCUT2D eigenvalue weighted by Crippen LogP contribution is -2.49. The maximum atomic E-state index is 3.56. The molecule has 0 atom stereocenters. The number of benzene rings is 1. The number of hydrogen-bond donors (Lipinski definition) is 1. The summed E-state index contributed by atoms with van der Waals surface area (Å²) < 4.78 is 0. The molecule has 18 heavy (non-hydrogen) atoms. The smallest absolute Gasteiger partial charge is 0.0366 e. The van der Waals surface area contributed by atoms with Gasteiger partial charge in [-0.15, -0.1) is 0 Å². The van der Waals surface area contributed by atoms with Crippen molar-refractivity contribution in [3.8, 4) is 0 Å². The van der Waals surface area contributed by atoms with Gasteiger partial charge in [0.15, 0.2) is 0 Å². The van der Waals surface area contributed by atoms with Crippen molar-refractivity contribution in [3.05, 3.63) is 29.8 Å². The summed E-state index contributed by atoms with van der Waals surface area (Å²) in [7, 11) is 0. The van der Waals surface area contributed by atoms with Crippen LogP contribution in [0.25, 0.3) is 0 Å². The summed E-state index contributed by atoms with van der Waals surface area (Å²) in [6, 6.07) is 9.90. The molecule has 0 amide bonds. The molecule has 0 radical (unpaired) electrons. The maximum absolute atomic E-state index is 3.56. The Labute approximate surface area is 110 Å². The van der Waals surface area contributed by atoms with Gasteiger partial charge in [-0.2, -0.15) is 0 Å². The van der Waals surface area contributed by atoms with Crippen molar-refractivity contribution >= 4 is 5.69 Å². The topological polar surface area (TPSA) is 15.3 Å². The number of rotatable bonds is 5. The van der Waals surface area contributed by atoms with E-state index in [1.807, 2.05) is 0 Å². The van der Waals surface area contributed by atoms with E-state index in [0.717, 1.165) is 24.4 Å². The minimum Gasteiger partial charge on any atom is -0.371 e. The van der Waals surface area contributed by atoms with Crippen LogP contribution in [0, 0.1) is 11.8 Å². The first-order valence-electron chi connectivity index (χ1n) is 7.29. The standard InChI is InChI=1S/C16H24N2/c1-12(2)14-10-18(11-14)16-7-3-13(4-8-16)9-17-15-5-6-15/h3-4,7-8,12,14-15,17H,5-6,9-11H2,1-2H3. The minimum absolute atomic E-state index is 0.798. The number of nitrogens with zero attached hydrogens (tertiary/aromatic N) is 1. The van der Waals surface area contributed by atoms with Crippen LogP contribution in [0.5, 0.6) is 0 Å². The molecule has 2 heteroatoms. The van der Waals surface area contributed by atoms with Gasteiger partial charge in [-0.1, -0.05) is 26.0 Å². The number of hydrogen-bond acceptors (Lipinski definition) is 2. The van der Waals surface area contributed by atoms with Gasteiger partial charge in [-0.05, 0) is 42.4 Å². The molecule has 98 valence electrons. The summed E-state index contributed by atoms with van der Waals surface area (Å²) in [6.45, 7) is 8.15. The molecule has 1 aliphatic heterocycles. The van der Waals surface area contributed by atoms with Crippen LogP contribution >= 0.6 is 0 Å². The van der Waals surface area contributed by atoms with Gasteiger partial charge >= 0.3 is 0 Å². The molecule has 1 saturated heterocycles. The van der Waals surface area contributed by atoms with Gasteiger partial charge in [-0.25, -0.2) is 0 Å². The average molecular weight is 244 g/mol. The largest absolute Gasteiger partial charge is 0.371 e. The predicted molar refractivity (Wildman–Crippen MR) is 76.8 cm³/mol. The highest BCUT2D eigenvalue weighted by Gasteiger charge is 2.28. The molecule has 1 aromatic rings. The summed E-state index contributed by atoms with van der Waals surface area (Å²) in [5.41, 5.74) is 2.80. The van der Waals surface area contributed by atoms with Gasteiger partial charge in [0.05, 0.1) is 0 Å². The molecule has 0 bridgehead atoms. The fourth-order valence-electron chi connectivity index (χ4n) is 2.52. The van der Waals surface area contributed by atoms with Crippen LogP contribution < -0.4 is 10.2 Å². The van der Waals surface area contributed by atoms with E-state index in [-0.39, 0.29) is 0 Å². The number of anilines is 1. The normalized spacial score (nSPS) is 20.3. The van der Waals surface area contributed by atoms with Crippen LogP contribution in [0.15, 0.2) is 24.3 Å². The lowest BCUT2D eigenvalue weighted by molar-refractivity contribution is 0.310. The molecule has 1 N–H and O–H groups in total. The average Bonchev–Trinajstić information content (AvgIpc) is 3.09. The fraction of sp³-hybridized carbons (Fsp3) is 0.625. The number of nitrogens with one attached hydrogen (secondary N) is 1. The maximum Gasteiger partial charge on any atom is 0.0366 e. The van der Waals surface area contributed by atoms with E-state index in [9.17, 15) is 0 Å². The van der Waals surface area contributed by atoms with Crippen LogP contribution in [-0.4, -0.2) is 19.1 Å². The molecule has 2 nitrogen and oxygen atoms in total. The highest BCUT2D eigenvalue weighted by Crippen LogP contribution is 2.29. The highest BCUT2D eigenvalue weighted by molar-refractivity contribution is 5.50. The Hall–Kier alpha value is -1.02. The van der Waals surface area contributed by atoms with Gasteiger partial charge < -0.3 is 10.2 Å². The predicted octanol–water partition coefficient (Wildman–Crippen LogP) is 3.03. The Balaban J connectivity index is 1.51. The fourth-order valence-corrected chi connectivity index (χ4v) is 2.52. The summed E-state index contributed by atoms with van der Waals surface area (Å²) >= 11 is 0. The van der Waals surface area contributed by atoms with Crippen LogP contribution in [-0.2, 0) is 6.54 Å². The molecule has 2 fully saturated rings. The van der Waals surface area contributed by atoms with Crippen LogP contribution in [0.4, 0.5) is 5.69 Å². The lowest BCUT2D eigenvalue weighted by atomic mass is 9.88. The third kappa shape index (κ3) is 2.69. The second-order valence-corrected chi connectivity index (χ2v) is 6.23. The van der Waals surface area contributed by atoms with Crippen LogP contribution in [0.3, 0.4) is 0 Å². The molecular formula is C16H24N2. The zero-order chi connectivity index (χ0) is 12.5. The van der Waals surface area contributed by atoms with Crippen molar-refractivity contribution in [3.63, 3.8) is 0 Å². The second kappa shape index (κ2) is 4.93. The van der Waals surface area contributed by atoms with Crippen molar-refractivity contribution < 1.29 is 0 Å². The molecule has 1 heterocycles. The second-order valence-electron chi connectivity index (χ2n) is 6.23. The summed E-state index contributed by atoms with van der Waals surface area (Å²) in [5.74, 6) is 1.71. The Bertz CT molecular complexity index is 386. The molecule has 0 spiro atoms. The van der Waals surface area contributed by atoms with Crippen molar-refractivity contribution in [2.45, 2.75) is 39.3 Å². The molecule has 3 rings (SSSR count).